The topological polar surface area (TPSA) is 123 Å². The minimum Gasteiger partial charge on any atom is -0.302 e. The second kappa shape index (κ2) is 8.93. The van der Waals surface area contributed by atoms with Gasteiger partial charge in [-0.3, -0.25) is 29.4 Å². The molecule has 3 amide bonds. The van der Waals surface area contributed by atoms with Gasteiger partial charge in [0.2, 0.25) is 5.91 Å². The number of aryl methyl sites for hydroxylation is 2. The summed E-state index contributed by atoms with van der Waals surface area (Å²) in [5.74, 6) is -1.23. The number of aromatic nitrogens is 1. The normalized spacial score (nSPS) is 15.0. The zero-order valence-electron chi connectivity index (χ0n) is 16.9. The Bertz CT molecular complexity index is 1040. The summed E-state index contributed by atoms with van der Waals surface area (Å²) in [7, 11) is 0. The fourth-order valence-corrected chi connectivity index (χ4v) is 5.06. The van der Waals surface area contributed by atoms with E-state index in [0.717, 1.165) is 29.9 Å². The van der Waals surface area contributed by atoms with Gasteiger partial charge in [-0.1, -0.05) is 12.5 Å². The van der Waals surface area contributed by atoms with E-state index < -0.39 is 16.7 Å². The minimum atomic E-state index is -0.648. The molecule has 1 aromatic carbocycles. The fraction of sp³-hybridized carbons (Fsp3) is 0.429. The zero-order chi connectivity index (χ0) is 22.0. The van der Waals surface area contributed by atoms with E-state index in [9.17, 15) is 24.5 Å². The predicted octanol–water partition coefficient (Wildman–Crippen LogP) is 3.73. The highest BCUT2D eigenvalue weighted by Crippen LogP contribution is 2.31. The van der Waals surface area contributed by atoms with Crippen LogP contribution in [0.3, 0.4) is 0 Å². The Morgan fingerprint density at radius 1 is 1.16 bits per heavy atom. The highest BCUT2D eigenvalue weighted by Gasteiger charge is 2.40. The molecule has 0 unspecified atom stereocenters. The molecule has 4 rings (SSSR count). The number of carbonyl (C=O) groups excluding carboxylic acids is 3. The SMILES string of the molecule is O=C(CCCCCN1C(=O)c2cccc([N+](=O)[O-])c2C1=O)Nc1nc2c(s1)CCCC2. The highest BCUT2D eigenvalue weighted by molar-refractivity contribution is 7.15. The molecule has 2 heterocycles. The van der Waals surface area contributed by atoms with Gasteiger partial charge in [0.05, 0.1) is 16.2 Å². The predicted molar refractivity (Wildman–Crippen MR) is 114 cm³/mol. The molecular weight excluding hydrogens is 420 g/mol. The quantitative estimate of drug-likeness (QED) is 0.288. The van der Waals surface area contributed by atoms with Crippen LogP contribution in [0.1, 0.15) is 69.8 Å². The monoisotopic (exact) mass is 442 g/mol. The van der Waals surface area contributed by atoms with Crippen molar-refractivity contribution in [2.45, 2.75) is 51.4 Å². The lowest BCUT2D eigenvalue weighted by Crippen LogP contribution is -2.30. The molecule has 0 atom stereocenters. The molecule has 2 aliphatic rings. The number of imide groups is 1. The van der Waals surface area contributed by atoms with Crippen molar-refractivity contribution >= 4 is 39.9 Å². The number of unbranched alkanes of at least 4 members (excludes halogenated alkanes) is 2. The second-order valence-corrected chi connectivity index (χ2v) is 8.76. The number of nitrogens with zero attached hydrogens (tertiary/aromatic N) is 3. The Balaban J connectivity index is 1.23. The Labute approximate surface area is 182 Å². The van der Waals surface area contributed by atoms with Gasteiger partial charge in [-0.05, 0) is 44.6 Å². The molecule has 0 bridgehead atoms. The van der Waals surface area contributed by atoms with E-state index in [0.29, 0.717) is 30.8 Å². The van der Waals surface area contributed by atoms with Crippen molar-refractivity contribution in [3.8, 4) is 0 Å². The van der Waals surface area contributed by atoms with Gasteiger partial charge in [-0.2, -0.15) is 0 Å². The molecule has 1 aliphatic heterocycles. The summed E-state index contributed by atoms with van der Waals surface area (Å²) < 4.78 is 0. The van der Waals surface area contributed by atoms with Crippen molar-refractivity contribution in [2.24, 2.45) is 0 Å². The van der Waals surface area contributed by atoms with Gasteiger partial charge in [0, 0.05) is 23.9 Å². The van der Waals surface area contributed by atoms with Gasteiger partial charge in [0.15, 0.2) is 5.13 Å². The third-order valence-electron chi connectivity index (χ3n) is 5.55. The van der Waals surface area contributed by atoms with Gasteiger partial charge in [0.25, 0.3) is 17.5 Å². The summed E-state index contributed by atoms with van der Waals surface area (Å²) in [5, 5.41) is 14.7. The molecule has 1 N–H and O–H groups in total. The molecule has 0 fully saturated rings. The molecule has 2 aromatic rings. The van der Waals surface area contributed by atoms with Crippen LogP contribution in [0.15, 0.2) is 18.2 Å². The first-order valence-corrected chi connectivity index (χ1v) is 11.2. The van der Waals surface area contributed by atoms with Crippen molar-refractivity contribution < 1.29 is 19.3 Å². The zero-order valence-corrected chi connectivity index (χ0v) is 17.7. The summed E-state index contributed by atoms with van der Waals surface area (Å²) in [5.41, 5.74) is 0.694. The summed E-state index contributed by atoms with van der Waals surface area (Å²) >= 11 is 1.55. The second-order valence-electron chi connectivity index (χ2n) is 7.67. The number of carbonyl (C=O) groups is 3. The van der Waals surface area contributed by atoms with Gasteiger partial charge in [-0.15, -0.1) is 11.3 Å². The van der Waals surface area contributed by atoms with Gasteiger partial charge in [0.1, 0.15) is 5.56 Å². The Morgan fingerprint density at radius 3 is 2.74 bits per heavy atom. The average molecular weight is 442 g/mol. The number of hydrogen-bond donors (Lipinski definition) is 1. The van der Waals surface area contributed by atoms with E-state index in [-0.39, 0.29) is 29.3 Å². The Morgan fingerprint density at radius 2 is 1.97 bits per heavy atom. The summed E-state index contributed by atoms with van der Waals surface area (Å²) in [4.78, 5) is 54.5. The van der Waals surface area contributed by atoms with Crippen LogP contribution in [0, 0.1) is 10.1 Å². The fourth-order valence-electron chi connectivity index (χ4n) is 3.99. The summed E-state index contributed by atoms with van der Waals surface area (Å²) in [6.45, 7) is 0.171. The maximum absolute atomic E-state index is 12.5. The van der Waals surface area contributed by atoms with Crippen LogP contribution in [0.2, 0.25) is 0 Å². The van der Waals surface area contributed by atoms with Crippen molar-refractivity contribution in [2.75, 3.05) is 11.9 Å². The van der Waals surface area contributed by atoms with Crippen molar-refractivity contribution in [3.05, 3.63) is 50.0 Å². The largest absolute Gasteiger partial charge is 0.302 e. The average Bonchev–Trinajstić information content (AvgIpc) is 3.26. The number of thiazole rings is 1. The van der Waals surface area contributed by atoms with Crippen LogP contribution in [0.5, 0.6) is 0 Å². The third kappa shape index (κ3) is 4.34. The molecule has 0 saturated carbocycles. The Kier molecular flexibility index (Phi) is 6.08. The van der Waals surface area contributed by atoms with Crippen LogP contribution < -0.4 is 5.32 Å². The molecule has 162 valence electrons. The van der Waals surface area contributed by atoms with Crippen LogP contribution in [0.4, 0.5) is 10.8 Å². The number of nitro benzene ring substituents is 1. The number of anilines is 1. The number of nitrogens with one attached hydrogen (secondary N) is 1. The van der Waals surface area contributed by atoms with E-state index in [2.05, 4.69) is 10.3 Å². The molecule has 31 heavy (non-hydrogen) atoms. The first-order valence-electron chi connectivity index (χ1n) is 10.4. The number of amides is 3. The first-order chi connectivity index (χ1) is 15.0. The lowest BCUT2D eigenvalue weighted by atomic mass is 10.0. The van der Waals surface area contributed by atoms with Crippen molar-refractivity contribution in [1.82, 2.24) is 9.88 Å². The Hall–Kier alpha value is -3.14. The maximum Gasteiger partial charge on any atom is 0.282 e. The van der Waals surface area contributed by atoms with E-state index >= 15 is 0 Å². The molecule has 0 saturated heterocycles. The number of fused-ring (bicyclic) bond motifs is 2. The number of benzene rings is 1. The number of rotatable bonds is 8. The molecule has 1 aromatic heterocycles. The smallest absolute Gasteiger partial charge is 0.282 e. The lowest BCUT2D eigenvalue weighted by Gasteiger charge is -2.13. The van der Waals surface area contributed by atoms with Gasteiger partial charge >= 0.3 is 0 Å². The summed E-state index contributed by atoms with van der Waals surface area (Å²) in [6.07, 6.45) is 6.44. The molecular formula is C21H22N4O5S. The highest BCUT2D eigenvalue weighted by atomic mass is 32.1. The molecule has 9 nitrogen and oxygen atoms in total. The van der Waals surface area contributed by atoms with Crippen LogP contribution >= 0.6 is 11.3 Å². The first kappa shape index (κ1) is 21.1. The maximum atomic E-state index is 12.5. The lowest BCUT2D eigenvalue weighted by molar-refractivity contribution is -0.385. The van der Waals surface area contributed by atoms with Gasteiger partial charge in [-0.25, -0.2) is 4.98 Å². The van der Waals surface area contributed by atoms with Crippen molar-refractivity contribution in [3.63, 3.8) is 0 Å². The van der Waals surface area contributed by atoms with E-state index in [1.807, 2.05) is 0 Å². The van der Waals surface area contributed by atoms with E-state index in [1.165, 1.54) is 29.5 Å². The van der Waals surface area contributed by atoms with E-state index in [1.54, 1.807) is 11.3 Å². The molecule has 10 heteroatoms. The van der Waals surface area contributed by atoms with Crippen LogP contribution in [0.25, 0.3) is 0 Å². The van der Waals surface area contributed by atoms with Crippen molar-refractivity contribution in [1.29, 1.82) is 0 Å². The van der Waals surface area contributed by atoms with Crippen LogP contribution in [-0.4, -0.2) is 39.1 Å². The number of hydrogen-bond acceptors (Lipinski definition) is 7. The minimum absolute atomic E-state index is 0.0738. The van der Waals surface area contributed by atoms with E-state index in [4.69, 9.17) is 0 Å². The molecule has 0 radical (unpaired) electrons. The molecule has 1 aliphatic carbocycles. The molecule has 0 spiro atoms. The van der Waals surface area contributed by atoms with Gasteiger partial charge < -0.3 is 5.32 Å². The van der Waals surface area contributed by atoms with Crippen LogP contribution in [-0.2, 0) is 17.6 Å². The third-order valence-corrected chi connectivity index (χ3v) is 6.62. The summed E-state index contributed by atoms with van der Waals surface area (Å²) in [6, 6.07) is 4.07. The standard InChI is InChI=1S/C21H22N4O5S/c26-17(23-21-22-14-8-3-4-10-16(14)31-21)11-2-1-5-12-24-19(27)13-7-6-9-15(25(29)30)18(13)20(24)28/h6-7,9H,1-5,8,10-12H2,(H,22,23,26). The number of nitro groups is 1.